The highest BCUT2D eigenvalue weighted by Gasteiger charge is 2.16. The lowest BCUT2D eigenvalue weighted by atomic mass is 10.1. The van der Waals surface area contributed by atoms with Gasteiger partial charge in [-0.1, -0.05) is 25.5 Å². The average molecular weight is 320 g/mol. The Balaban J connectivity index is 2.07. The summed E-state index contributed by atoms with van der Waals surface area (Å²) in [7, 11) is 1.64. The molecule has 0 aliphatic heterocycles. The van der Waals surface area contributed by atoms with Gasteiger partial charge < -0.3 is 9.84 Å². The minimum atomic E-state index is -0.818. The maximum atomic E-state index is 11.1. The first-order valence-electron chi connectivity index (χ1n) is 7.19. The predicted molar refractivity (Wildman–Crippen MR) is 87.3 cm³/mol. The highest BCUT2D eigenvalue weighted by molar-refractivity contribution is 7.13. The number of methoxy groups -OCH3 is 1. The first kappa shape index (κ1) is 16.5. The molecule has 0 bridgehead atoms. The van der Waals surface area contributed by atoms with Crippen LogP contribution in [0.4, 0.5) is 0 Å². The van der Waals surface area contributed by atoms with Crippen molar-refractivity contribution in [1.29, 1.82) is 0 Å². The van der Waals surface area contributed by atoms with Crippen molar-refractivity contribution in [2.24, 2.45) is 0 Å². The zero-order chi connectivity index (χ0) is 15.9. The molecule has 0 aliphatic carbocycles. The number of hydrogen-bond donors (Lipinski definition) is 2. The molecule has 1 unspecified atom stereocenters. The van der Waals surface area contributed by atoms with Crippen LogP contribution in [0, 0.1) is 0 Å². The van der Waals surface area contributed by atoms with Crippen molar-refractivity contribution < 1.29 is 14.6 Å². The Kier molecular flexibility index (Phi) is 5.91. The number of para-hydroxylation sites is 1. The fraction of sp³-hybridized carbons (Fsp3) is 0.375. The third kappa shape index (κ3) is 4.05. The molecule has 1 aromatic carbocycles. The van der Waals surface area contributed by atoms with E-state index in [1.165, 1.54) is 11.3 Å². The van der Waals surface area contributed by atoms with Crippen LogP contribution >= 0.6 is 11.3 Å². The van der Waals surface area contributed by atoms with Gasteiger partial charge in [-0.25, -0.2) is 4.98 Å². The van der Waals surface area contributed by atoms with E-state index in [-0.39, 0.29) is 0 Å². The Morgan fingerprint density at radius 2 is 2.23 bits per heavy atom. The van der Waals surface area contributed by atoms with E-state index < -0.39 is 12.0 Å². The Bertz CT molecular complexity index is 627. The third-order valence-electron chi connectivity index (χ3n) is 3.29. The number of nitrogens with one attached hydrogen (secondary N) is 1. The van der Waals surface area contributed by atoms with Gasteiger partial charge in [0.2, 0.25) is 0 Å². The SMILES string of the molecule is CCCC(NCc1csc(-c2ccccc2OC)n1)C(=O)O. The molecule has 22 heavy (non-hydrogen) atoms. The number of aromatic nitrogens is 1. The van der Waals surface area contributed by atoms with Gasteiger partial charge in [-0.3, -0.25) is 10.1 Å². The quantitative estimate of drug-likeness (QED) is 0.782. The highest BCUT2D eigenvalue weighted by Crippen LogP contribution is 2.31. The van der Waals surface area contributed by atoms with E-state index in [9.17, 15) is 4.79 Å². The Morgan fingerprint density at radius 1 is 1.45 bits per heavy atom. The van der Waals surface area contributed by atoms with Crippen molar-refractivity contribution in [3.63, 3.8) is 0 Å². The molecule has 5 nitrogen and oxygen atoms in total. The Hall–Kier alpha value is -1.92. The van der Waals surface area contributed by atoms with Crippen LogP contribution in [0.5, 0.6) is 5.75 Å². The fourth-order valence-corrected chi connectivity index (χ4v) is 3.01. The molecule has 1 heterocycles. The van der Waals surface area contributed by atoms with Crippen molar-refractivity contribution in [2.75, 3.05) is 7.11 Å². The number of carboxylic acids is 1. The second-order valence-electron chi connectivity index (χ2n) is 4.90. The second-order valence-corrected chi connectivity index (χ2v) is 5.76. The van der Waals surface area contributed by atoms with Gasteiger partial charge in [0, 0.05) is 11.9 Å². The molecule has 0 spiro atoms. The van der Waals surface area contributed by atoms with Gasteiger partial charge >= 0.3 is 5.97 Å². The summed E-state index contributed by atoms with van der Waals surface area (Å²) in [6.45, 7) is 2.42. The molecule has 2 rings (SSSR count). The van der Waals surface area contributed by atoms with E-state index in [0.717, 1.165) is 28.4 Å². The normalized spacial score (nSPS) is 12.1. The molecule has 0 aliphatic rings. The minimum Gasteiger partial charge on any atom is -0.496 e. The molecule has 118 valence electrons. The molecular weight excluding hydrogens is 300 g/mol. The molecular formula is C16H20N2O3S. The monoisotopic (exact) mass is 320 g/mol. The summed E-state index contributed by atoms with van der Waals surface area (Å²) in [5, 5.41) is 15.0. The minimum absolute atomic E-state index is 0.447. The van der Waals surface area contributed by atoms with Gasteiger partial charge in [0.15, 0.2) is 0 Å². The van der Waals surface area contributed by atoms with Crippen molar-refractivity contribution >= 4 is 17.3 Å². The van der Waals surface area contributed by atoms with Crippen LogP contribution < -0.4 is 10.1 Å². The van der Waals surface area contributed by atoms with Crippen LogP contribution in [0.25, 0.3) is 10.6 Å². The third-order valence-corrected chi connectivity index (χ3v) is 4.22. The van der Waals surface area contributed by atoms with E-state index in [4.69, 9.17) is 9.84 Å². The Morgan fingerprint density at radius 3 is 2.91 bits per heavy atom. The molecule has 1 aromatic heterocycles. The van der Waals surface area contributed by atoms with Gasteiger partial charge in [-0.05, 0) is 18.6 Å². The molecule has 0 fully saturated rings. The number of benzene rings is 1. The number of carboxylic acid groups (broad SMARTS) is 1. The largest absolute Gasteiger partial charge is 0.496 e. The van der Waals surface area contributed by atoms with Crippen molar-refractivity contribution in [3.8, 4) is 16.3 Å². The summed E-state index contributed by atoms with van der Waals surface area (Å²) in [5.41, 5.74) is 1.79. The lowest BCUT2D eigenvalue weighted by Gasteiger charge is -2.12. The summed E-state index contributed by atoms with van der Waals surface area (Å²) in [4.78, 5) is 15.7. The van der Waals surface area contributed by atoms with Crippen LogP contribution in [0.3, 0.4) is 0 Å². The number of hydrogen-bond acceptors (Lipinski definition) is 5. The average Bonchev–Trinajstić information content (AvgIpc) is 2.99. The van der Waals surface area contributed by atoms with Gasteiger partial charge in [0.1, 0.15) is 16.8 Å². The van der Waals surface area contributed by atoms with Gasteiger partial charge in [0.05, 0.1) is 18.4 Å². The molecule has 2 N–H and O–H groups in total. The van der Waals surface area contributed by atoms with E-state index in [1.807, 2.05) is 36.6 Å². The second kappa shape index (κ2) is 7.91. The van der Waals surface area contributed by atoms with E-state index in [2.05, 4.69) is 10.3 Å². The number of aliphatic carboxylic acids is 1. The lowest BCUT2D eigenvalue weighted by Crippen LogP contribution is -2.36. The molecule has 6 heteroatoms. The summed E-state index contributed by atoms with van der Waals surface area (Å²) in [6, 6.07) is 7.20. The number of thiazole rings is 1. The molecule has 0 amide bonds. The summed E-state index contributed by atoms with van der Waals surface area (Å²) in [6.07, 6.45) is 1.44. The molecule has 1 atom stereocenters. The molecule has 2 aromatic rings. The Labute approximate surface area is 134 Å². The van der Waals surface area contributed by atoms with Crippen LogP contribution in [0.2, 0.25) is 0 Å². The summed E-state index contributed by atoms with van der Waals surface area (Å²) >= 11 is 1.53. The lowest BCUT2D eigenvalue weighted by molar-refractivity contribution is -0.139. The number of carbonyl (C=O) groups is 1. The zero-order valence-electron chi connectivity index (χ0n) is 12.7. The molecule has 0 saturated carbocycles. The van der Waals surface area contributed by atoms with Gasteiger partial charge in [-0.15, -0.1) is 11.3 Å². The standard InChI is InChI=1S/C16H20N2O3S/c1-3-6-13(16(19)20)17-9-11-10-22-15(18-11)12-7-4-5-8-14(12)21-2/h4-5,7-8,10,13,17H,3,6,9H2,1-2H3,(H,19,20). The van der Waals surface area contributed by atoms with E-state index in [0.29, 0.717) is 13.0 Å². The van der Waals surface area contributed by atoms with Crippen molar-refractivity contribution in [1.82, 2.24) is 10.3 Å². The van der Waals surface area contributed by atoms with Crippen molar-refractivity contribution in [3.05, 3.63) is 35.3 Å². The van der Waals surface area contributed by atoms with Gasteiger partial charge in [0.25, 0.3) is 0 Å². The molecule has 0 saturated heterocycles. The zero-order valence-corrected chi connectivity index (χ0v) is 13.5. The molecule has 0 radical (unpaired) electrons. The first-order valence-corrected chi connectivity index (χ1v) is 8.07. The van der Waals surface area contributed by atoms with Crippen LogP contribution in [-0.4, -0.2) is 29.2 Å². The smallest absolute Gasteiger partial charge is 0.320 e. The summed E-state index contributed by atoms with van der Waals surface area (Å²) in [5.74, 6) is -0.0345. The van der Waals surface area contributed by atoms with Crippen LogP contribution in [0.15, 0.2) is 29.6 Å². The van der Waals surface area contributed by atoms with Crippen LogP contribution in [-0.2, 0) is 11.3 Å². The summed E-state index contributed by atoms with van der Waals surface area (Å²) < 4.78 is 5.34. The van der Waals surface area contributed by atoms with Gasteiger partial charge in [-0.2, -0.15) is 0 Å². The van der Waals surface area contributed by atoms with Crippen molar-refractivity contribution in [2.45, 2.75) is 32.4 Å². The predicted octanol–water partition coefficient (Wildman–Crippen LogP) is 3.16. The van der Waals surface area contributed by atoms with E-state index >= 15 is 0 Å². The maximum absolute atomic E-state index is 11.1. The van der Waals surface area contributed by atoms with Crippen LogP contribution in [0.1, 0.15) is 25.5 Å². The topological polar surface area (TPSA) is 71.5 Å². The maximum Gasteiger partial charge on any atom is 0.320 e. The highest BCUT2D eigenvalue weighted by atomic mass is 32.1. The number of rotatable bonds is 8. The number of nitrogens with zero attached hydrogens (tertiary/aromatic N) is 1. The fourth-order valence-electron chi connectivity index (χ4n) is 2.16. The number of ether oxygens (including phenoxy) is 1. The van der Waals surface area contributed by atoms with E-state index in [1.54, 1.807) is 7.11 Å². The first-order chi connectivity index (χ1) is 10.7.